The van der Waals surface area contributed by atoms with Gasteiger partial charge in [-0.1, -0.05) is 0 Å². The standard InChI is InChI=1S/C17H26N6O2/c1-12-14(17(25-4)21(3)19-12)11-22-8-5-6-13(10-22)23-9-7-15(20-23)16(24)18-2/h7,9,13H,5-6,8,10-11H2,1-4H3,(H,18,24)/t13-/m0/s1. The predicted octanol–water partition coefficient (Wildman–Crippen LogP) is 1.13. The van der Waals surface area contributed by atoms with E-state index in [1.165, 1.54) is 0 Å². The van der Waals surface area contributed by atoms with Crippen LogP contribution in [0.2, 0.25) is 0 Å². The van der Waals surface area contributed by atoms with E-state index in [1.807, 2.05) is 24.9 Å². The number of rotatable bonds is 5. The van der Waals surface area contributed by atoms with Gasteiger partial charge in [0.1, 0.15) is 5.69 Å². The Hall–Kier alpha value is -2.35. The third kappa shape index (κ3) is 3.53. The molecule has 2 aromatic rings. The minimum Gasteiger partial charge on any atom is -0.481 e. The zero-order valence-electron chi connectivity index (χ0n) is 15.3. The Morgan fingerprint density at radius 2 is 2.24 bits per heavy atom. The van der Waals surface area contributed by atoms with Gasteiger partial charge in [0.25, 0.3) is 5.91 Å². The van der Waals surface area contributed by atoms with Crippen LogP contribution in [0.1, 0.15) is 40.6 Å². The number of nitrogens with one attached hydrogen (secondary N) is 1. The molecule has 0 bridgehead atoms. The first-order chi connectivity index (χ1) is 12.0. The van der Waals surface area contributed by atoms with E-state index in [0.717, 1.165) is 49.6 Å². The summed E-state index contributed by atoms with van der Waals surface area (Å²) < 4.78 is 9.21. The highest BCUT2D eigenvalue weighted by atomic mass is 16.5. The molecule has 1 aliphatic rings. The molecule has 1 amide bonds. The number of ether oxygens (including phenoxy) is 1. The molecular formula is C17H26N6O2. The van der Waals surface area contributed by atoms with Gasteiger partial charge < -0.3 is 10.1 Å². The Labute approximate surface area is 147 Å². The molecule has 0 unspecified atom stereocenters. The highest BCUT2D eigenvalue weighted by Gasteiger charge is 2.25. The number of nitrogens with zero attached hydrogens (tertiary/aromatic N) is 5. The summed E-state index contributed by atoms with van der Waals surface area (Å²) in [4.78, 5) is 14.1. The number of carbonyl (C=O) groups excluding carboxylic acids is 1. The van der Waals surface area contributed by atoms with Crippen molar-refractivity contribution >= 4 is 5.91 Å². The van der Waals surface area contributed by atoms with Gasteiger partial charge in [-0.3, -0.25) is 14.4 Å². The fourth-order valence-corrected chi connectivity index (χ4v) is 3.52. The number of hydrogen-bond donors (Lipinski definition) is 1. The van der Waals surface area contributed by atoms with E-state index in [0.29, 0.717) is 5.69 Å². The Morgan fingerprint density at radius 1 is 1.44 bits per heavy atom. The normalized spacial score (nSPS) is 18.3. The van der Waals surface area contributed by atoms with Crippen LogP contribution in [0.5, 0.6) is 5.88 Å². The van der Waals surface area contributed by atoms with Crippen molar-refractivity contribution in [2.45, 2.75) is 32.4 Å². The minimum absolute atomic E-state index is 0.151. The number of methoxy groups -OCH3 is 1. The van der Waals surface area contributed by atoms with Crippen molar-refractivity contribution in [3.63, 3.8) is 0 Å². The number of likely N-dealkylation sites (tertiary alicyclic amines) is 1. The van der Waals surface area contributed by atoms with E-state index in [4.69, 9.17) is 4.74 Å². The third-order valence-corrected chi connectivity index (χ3v) is 4.79. The average Bonchev–Trinajstić information content (AvgIpc) is 3.20. The topological polar surface area (TPSA) is 77.2 Å². The van der Waals surface area contributed by atoms with E-state index in [1.54, 1.807) is 24.9 Å². The van der Waals surface area contributed by atoms with Gasteiger partial charge in [-0.2, -0.15) is 10.2 Å². The van der Waals surface area contributed by atoms with Gasteiger partial charge in [0.2, 0.25) is 5.88 Å². The van der Waals surface area contributed by atoms with Gasteiger partial charge in [0.05, 0.1) is 24.4 Å². The molecule has 8 nitrogen and oxygen atoms in total. The fraction of sp³-hybridized carbons (Fsp3) is 0.588. The van der Waals surface area contributed by atoms with Crippen molar-refractivity contribution in [3.05, 3.63) is 29.2 Å². The first kappa shape index (κ1) is 17.5. The van der Waals surface area contributed by atoms with E-state index < -0.39 is 0 Å². The van der Waals surface area contributed by atoms with Crippen molar-refractivity contribution < 1.29 is 9.53 Å². The minimum atomic E-state index is -0.151. The lowest BCUT2D eigenvalue weighted by atomic mass is 10.1. The summed E-state index contributed by atoms with van der Waals surface area (Å²) in [5.74, 6) is 0.669. The van der Waals surface area contributed by atoms with Crippen LogP contribution in [-0.4, -0.2) is 57.6 Å². The largest absolute Gasteiger partial charge is 0.481 e. The quantitative estimate of drug-likeness (QED) is 0.878. The van der Waals surface area contributed by atoms with Gasteiger partial charge in [-0.15, -0.1) is 0 Å². The third-order valence-electron chi connectivity index (χ3n) is 4.79. The van der Waals surface area contributed by atoms with Crippen LogP contribution in [0, 0.1) is 6.92 Å². The lowest BCUT2D eigenvalue weighted by Gasteiger charge is -2.32. The van der Waals surface area contributed by atoms with Crippen molar-refractivity contribution in [2.24, 2.45) is 7.05 Å². The number of aromatic nitrogens is 4. The second-order valence-electron chi connectivity index (χ2n) is 6.49. The molecule has 2 aromatic heterocycles. The lowest BCUT2D eigenvalue weighted by molar-refractivity contribution is 0.0955. The molecule has 0 aliphatic carbocycles. The molecule has 1 aliphatic heterocycles. The monoisotopic (exact) mass is 346 g/mol. The van der Waals surface area contributed by atoms with Crippen LogP contribution >= 0.6 is 0 Å². The lowest BCUT2D eigenvalue weighted by Crippen LogP contribution is -2.36. The van der Waals surface area contributed by atoms with Crippen molar-refractivity contribution in [1.82, 2.24) is 29.8 Å². The van der Waals surface area contributed by atoms with E-state index >= 15 is 0 Å². The molecule has 3 heterocycles. The van der Waals surface area contributed by atoms with Crippen molar-refractivity contribution in [3.8, 4) is 5.88 Å². The van der Waals surface area contributed by atoms with Crippen LogP contribution in [0.25, 0.3) is 0 Å². The van der Waals surface area contributed by atoms with Gasteiger partial charge in [-0.25, -0.2) is 4.68 Å². The van der Waals surface area contributed by atoms with Crippen LogP contribution in [0.3, 0.4) is 0 Å². The highest BCUT2D eigenvalue weighted by Crippen LogP contribution is 2.27. The number of hydrogen-bond acceptors (Lipinski definition) is 5. The van der Waals surface area contributed by atoms with Crippen LogP contribution in [-0.2, 0) is 13.6 Å². The van der Waals surface area contributed by atoms with Gasteiger partial charge in [-0.05, 0) is 32.4 Å². The van der Waals surface area contributed by atoms with Gasteiger partial charge in [0, 0.05) is 33.4 Å². The Balaban J connectivity index is 1.71. The molecule has 1 N–H and O–H groups in total. The SMILES string of the molecule is CNC(=O)c1ccn([C@H]2CCCN(Cc3c(C)nn(C)c3OC)C2)n1. The van der Waals surface area contributed by atoms with Gasteiger partial charge >= 0.3 is 0 Å². The molecule has 0 aromatic carbocycles. The van der Waals surface area contributed by atoms with Crippen LogP contribution < -0.4 is 10.1 Å². The Morgan fingerprint density at radius 3 is 2.96 bits per heavy atom. The molecule has 136 valence electrons. The maximum Gasteiger partial charge on any atom is 0.271 e. The second-order valence-corrected chi connectivity index (χ2v) is 6.49. The van der Waals surface area contributed by atoms with E-state index in [9.17, 15) is 4.79 Å². The molecule has 3 rings (SSSR count). The number of aryl methyl sites for hydroxylation is 2. The van der Waals surface area contributed by atoms with Gasteiger partial charge in [0.15, 0.2) is 0 Å². The summed E-state index contributed by atoms with van der Waals surface area (Å²) in [5.41, 5.74) is 2.60. The molecule has 1 saturated heterocycles. The van der Waals surface area contributed by atoms with E-state index in [2.05, 4.69) is 20.4 Å². The van der Waals surface area contributed by atoms with Crippen molar-refractivity contribution in [2.75, 3.05) is 27.2 Å². The molecule has 25 heavy (non-hydrogen) atoms. The molecule has 0 saturated carbocycles. The molecule has 1 fully saturated rings. The first-order valence-corrected chi connectivity index (χ1v) is 8.59. The second kappa shape index (κ2) is 7.26. The van der Waals surface area contributed by atoms with Crippen LogP contribution in [0.15, 0.2) is 12.3 Å². The average molecular weight is 346 g/mol. The molecule has 0 radical (unpaired) electrons. The summed E-state index contributed by atoms with van der Waals surface area (Å²) in [7, 11) is 5.20. The smallest absolute Gasteiger partial charge is 0.271 e. The van der Waals surface area contributed by atoms with Crippen molar-refractivity contribution in [1.29, 1.82) is 0 Å². The zero-order valence-corrected chi connectivity index (χ0v) is 15.3. The summed E-state index contributed by atoms with van der Waals surface area (Å²) in [6.45, 7) is 4.76. The maximum absolute atomic E-state index is 11.7. The molecule has 0 spiro atoms. The predicted molar refractivity (Wildman–Crippen MR) is 93.7 cm³/mol. The Kier molecular flexibility index (Phi) is 5.08. The summed E-state index contributed by atoms with van der Waals surface area (Å²) >= 11 is 0. The number of amides is 1. The highest BCUT2D eigenvalue weighted by molar-refractivity contribution is 5.91. The molecule has 1 atom stereocenters. The Bertz CT molecular complexity index is 750. The summed E-state index contributed by atoms with van der Waals surface area (Å²) in [6.07, 6.45) is 4.06. The number of piperidine rings is 1. The zero-order chi connectivity index (χ0) is 18.0. The first-order valence-electron chi connectivity index (χ1n) is 8.59. The fourth-order valence-electron chi connectivity index (χ4n) is 3.52. The maximum atomic E-state index is 11.7. The summed E-state index contributed by atoms with van der Waals surface area (Å²) in [5, 5.41) is 11.5. The van der Waals surface area contributed by atoms with E-state index in [-0.39, 0.29) is 11.9 Å². The molecule has 8 heteroatoms. The number of carbonyl (C=O) groups is 1. The summed E-state index contributed by atoms with van der Waals surface area (Å²) in [6, 6.07) is 2.04. The van der Waals surface area contributed by atoms with Crippen LogP contribution in [0.4, 0.5) is 0 Å². The molecular weight excluding hydrogens is 320 g/mol.